The van der Waals surface area contributed by atoms with E-state index in [9.17, 15) is 18.0 Å². The first kappa shape index (κ1) is 20.2. The molecule has 2 aromatic carbocycles. The van der Waals surface area contributed by atoms with Gasteiger partial charge in [0.2, 0.25) is 5.90 Å². The average molecular weight is 407 g/mol. The van der Waals surface area contributed by atoms with E-state index in [1.54, 1.807) is 12.1 Å². The Morgan fingerprint density at radius 2 is 1.52 bits per heavy atom. The molecule has 29 heavy (non-hydrogen) atoms. The second kappa shape index (κ2) is 7.86. The number of nitrogens with zero attached hydrogens (tertiary/aromatic N) is 1. The summed E-state index contributed by atoms with van der Waals surface area (Å²) in [4.78, 5) is 16.3. The number of carbonyl (C=O) groups excluding carboxylic acids is 1. The maximum atomic E-state index is 12.7. The van der Waals surface area contributed by atoms with Gasteiger partial charge in [0.15, 0.2) is 17.2 Å². The molecule has 1 aliphatic heterocycles. The standard InChI is InChI=1S/C20H16F3NO5/c1-26-15-10-17(28-3)16(27-2)9-12(15)8-14-19(25)29-18(24-14)11-4-6-13(7-5-11)20(21,22)23/h4-10H,1-3H3/b14-8-. The van der Waals surface area contributed by atoms with Crippen molar-refractivity contribution in [3.8, 4) is 17.2 Å². The van der Waals surface area contributed by atoms with Crippen LogP contribution in [0.15, 0.2) is 47.1 Å². The zero-order valence-corrected chi connectivity index (χ0v) is 15.7. The molecule has 0 aliphatic carbocycles. The predicted molar refractivity (Wildman–Crippen MR) is 98.1 cm³/mol. The Labute approximate surface area is 164 Å². The number of carbonyl (C=O) groups is 1. The Bertz CT molecular complexity index is 994. The molecule has 1 aliphatic rings. The summed E-state index contributed by atoms with van der Waals surface area (Å²) in [5.41, 5.74) is -0.119. The Morgan fingerprint density at radius 1 is 0.931 bits per heavy atom. The first-order valence-corrected chi connectivity index (χ1v) is 8.27. The highest BCUT2D eigenvalue weighted by molar-refractivity contribution is 6.13. The second-order valence-corrected chi connectivity index (χ2v) is 5.86. The van der Waals surface area contributed by atoms with Crippen molar-refractivity contribution in [3.63, 3.8) is 0 Å². The smallest absolute Gasteiger partial charge is 0.416 e. The Balaban J connectivity index is 1.97. The van der Waals surface area contributed by atoms with Crippen LogP contribution in [0.3, 0.4) is 0 Å². The van der Waals surface area contributed by atoms with Gasteiger partial charge < -0.3 is 18.9 Å². The molecule has 0 N–H and O–H groups in total. The van der Waals surface area contributed by atoms with Gasteiger partial charge in [0.1, 0.15) is 5.75 Å². The number of benzene rings is 2. The number of alkyl halides is 3. The van der Waals surface area contributed by atoms with Gasteiger partial charge in [0.25, 0.3) is 0 Å². The summed E-state index contributed by atoms with van der Waals surface area (Å²) < 4.78 is 58.9. The van der Waals surface area contributed by atoms with Crippen LogP contribution < -0.4 is 14.2 Å². The minimum absolute atomic E-state index is 0.0367. The van der Waals surface area contributed by atoms with E-state index in [2.05, 4.69) is 4.99 Å². The first-order valence-electron chi connectivity index (χ1n) is 8.27. The van der Waals surface area contributed by atoms with E-state index in [0.29, 0.717) is 22.8 Å². The molecule has 3 rings (SSSR count). The molecule has 0 aromatic heterocycles. The molecule has 2 aromatic rings. The number of aliphatic imine (C=N–C) groups is 1. The van der Waals surface area contributed by atoms with Crippen molar-refractivity contribution < 1.29 is 36.9 Å². The number of halogens is 3. The van der Waals surface area contributed by atoms with E-state index in [1.165, 1.54) is 39.5 Å². The zero-order valence-electron chi connectivity index (χ0n) is 15.7. The van der Waals surface area contributed by atoms with Gasteiger partial charge in [0.05, 0.1) is 26.9 Å². The topological polar surface area (TPSA) is 66.3 Å². The van der Waals surface area contributed by atoms with E-state index in [0.717, 1.165) is 12.1 Å². The molecular formula is C20H16F3NO5. The third-order valence-electron chi connectivity index (χ3n) is 4.11. The van der Waals surface area contributed by atoms with Crippen LogP contribution in [-0.2, 0) is 15.7 Å². The number of ether oxygens (including phenoxy) is 4. The van der Waals surface area contributed by atoms with Crippen LogP contribution in [0.25, 0.3) is 6.08 Å². The molecule has 0 bridgehead atoms. The molecule has 6 nitrogen and oxygen atoms in total. The largest absolute Gasteiger partial charge is 0.496 e. The maximum Gasteiger partial charge on any atom is 0.416 e. The van der Waals surface area contributed by atoms with Crippen molar-refractivity contribution in [2.75, 3.05) is 21.3 Å². The monoisotopic (exact) mass is 407 g/mol. The Hall–Kier alpha value is -3.49. The Morgan fingerprint density at radius 3 is 2.07 bits per heavy atom. The molecule has 0 saturated carbocycles. The van der Waals surface area contributed by atoms with Crippen LogP contribution in [0.5, 0.6) is 17.2 Å². The lowest BCUT2D eigenvalue weighted by molar-refractivity contribution is -0.137. The van der Waals surface area contributed by atoms with Gasteiger partial charge >= 0.3 is 12.1 Å². The molecular weight excluding hydrogens is 391 g/mol. The molecule has 0 atom stereocenters. The number of hydrogen-bond acceptors (Lipinski definition) is 6. The number of methoxy groups -OCH3 is 3. The van der Waals surface area contributed by atoms with Crippen molar-refractivity contribution >= 4 is 17.9 Å². The van der Waals surface area contributed by atoms with Gasteiger partial charge in [-0.15, -0.1) is 0 Å². The summed E-state index contributed by atoms with van der Waals surface area (Å²) in [6.45, 7) is 0. The van der Waals surface area contributed by atoms with Gasteiger partial charge in [0, 0.05) is 17.2 Å². The lowest BCUT2D eigenvalue weighted by Gasteiger charge is -2.12. The first-order chi connectivity index (χ1) is 13.8. The van der Waals surface area contributed by atoms with Crippen LogP contribution in [-0.4, -0.2) is 33.2 Å². The minimum atomic E-state index is -4.46. The van der Waals surface area contributed by atoms with Gasteiger partial charge in [-0.1, -0.05) is 0 Å². The van der Waals surface area contributed by atoms with Crippen LogP contribution in [0.1, 0.15) is 16.7 Å². The fraction of sp³-hybridized carbons (Fsp3) is 0.200. The van der Waals surface area contributed by atoms with Crippen molar-refractivity contribution in [2.24, 2.45) is 4.99 Å². The normalized spacial score (nSPS) is 15.2. The van der Waals surface area contributed by atoms with E-state index >= 15 is 0 Å². The Kier molecular flexibility index (Phi) is 5.49. The summed E-state index contributed by atoms with van der Waals surface area (Å²) >= 11 is 0. The molecule has 152 valence electrons. The molecule has 0 fully saturated rings. The van der Waals surface area contributed by atoms with Crippen molar-refractivity contribution in [2.45, 2.75) is 6.18 Å². The highest BCUT2D eigenvalue weighted by Crippen LogP contribution is 2.36. The van der Waals surface area contributed by atoms with Gasteiger partial charge in [-0.25, -0.2) is 9.79 Å². The second-order valence-electron chi connectivity index (χ2n) is 5.86. The van der Waals surface area contributed by atoms with E-state index in [-0.39, 0.29) is 17.2 Å². The summed E-state index contributed by atoms with van der Waals surface area (Å²) in [6, 6.07) is 7.36. The van der Waals surface area contributed by atoms with E-state index < -0.39 is 17.7 Å². The molecule has 0 amide bonds. The summed E-state index contributed by atoms with van der Waals surface area (Å²) in [7, 11) is 4.39. The summed E-state index contributed by atoms with van der Waals surface area (Å²) in [5.74, 6) is 0.431. The zero-order chi connectivity index (χ0) is 21.2. The average Bonchev–Trinajstić information content (AvgIpc) is 3.07. The van der Waals surface area contributed by atoms with Gasteiger partial charge in [-0.3, -0.25) is 0 Å². The van der Waals surface area contributed by atoms with Crippen LogP contribution in [0.4, 0.5) is 13.2 Å². The maximum absolute atomic E-state index is 12.7. The van der Waals surface area contributed by atoms with Crippen LogP contribution in [0, 0.1) is 0 Å². The highest BCUT2D eigenvalue weighted by Gasteiger charge is 2.31. The minimum Gasteiger partial charge on any atom is -0.496 e. The molecule has 1 heterocycles. The fourth-order valence-corrected chi connectivity index (χ4v) is 2.65. The van der Waals surface area contributed by atoms with Crippen LogP contribution in [0.2, 0.25) is 0 Å². The van der Waals surface area contributed by atoms with Gasteiger partial charge in [-0.05, 0) is 36.4 Å². The molecule has 0 unspecified atom stereocenters. The fourth-order valence-electron chi connectivity index (χ4n) is 2.65. The highest BCUT2D eigenvalue weighted by atomic mass is 19.4. The summed E-state index contributed by atoms with van der Waals surface area (Å²) in [6.07, 6.45) is -3.03. The van der Waals surface area contributed by atoms with E-state index in [4.69, 9.17) is 18.9 Å². The SMILES string of the molecule is COc1cc(OC)c(OC)cc1/C=C1\N=C(c2ccc(C(F)(F)F)cc2)OC1=O. The van der Waals surface area contributed by atoms with Crippen molar-refractivity contribution in [1.82, 2.24) is 0 Å². The molecule has 0 spiro atoms. The number of rotatable bonds is 5. The predicted octanol–water partition coefficient (Wildman–Crippen LogP) is 4.08. The molecule has 9 heteroatoms. The lowest BCUT2D eigenvalue weighted by atomic mass is 10.1. The number of cyclic esters (lactones) is 1. The number of hydrogen-bond donors (Lipinski definition) is 0. The van der Waals surface area contributed by atoms with E-state index in [1.807, 2.05) is 0 Å². The third kappa shape index (κ3) is 4.18. The van der Waals surface area contributed by atoms with Gasteiger partial charge in [-0.2, -0.15) is 13.2 Å². The van der Waals surface area contributed by atoms with Crippen LogP contribution >= 0.6 is 0 Å². The van der Waals surface area contributed by atoms with Crippen molar-refractivity contribution in [3.05, 3.63) is 58.8 Å². The number of esters is 1. The molecule has 0 saturated heterocycles. The molecule has 0 radical (unpaired) electrons. The lowest BCUT2D eigenvalue weighted by Crippen LogP contribution is -2.08. The van der Waals surface area contributed by atoms with Crippen molar-refractivity contribution in [1.29, 1.82) is 0 Å². The third-order valence-corrected chi connectivity index (χ3v) is 4.11. The quantitative estimate of drug-likeness (QED) is 0.552. The summed E-state index contributed by atoms with van der Waals surface area (Å²) in [5, 5.41) is 0.